The molecule has 1 fully saturated rings. The first-order valence-electron chi connectivity index (χ1n) is 11.3. The van der Waals surface area contributed by atoms with Crippen molar-refractivity contribution in [2.24, 2.45) is 0 Å². The molecule has 174 valence electrons. The van der Waals surface area contributed by atoms with E-state index in [1.165, 1.54) is 6.33 Å². The lowest BCUT2D eigenvalue weighted by Gasteiger charge is -2.29. The van der Waals surface area contributed by atoms with E-state index in [4.69, 9.17) is 9.47 Å². The highest BCUT2D eigenvalue weighted by Crippen LogP contribution is 2.35. The highest BCUT2D eigenvalue weighted by molar-refractivity contribution is 5.94. The number of rotatable bonds is 5. The Labute approximate surface area is 197 Å². The van der Waals surface area contributed by atoms with Crippen LogP contribution in [0.2, 0.25) is 0 Å². The summed E-state index contributed by atoms with van der Waals surface area (Å²) < 4.78 is 40.6. The Kier molecular flexibility index (Phi) is 6.11. The Bertz CT molecular complexity index is 1320. The summed E-state index contributed by atoms with van der Waals surface area (Å²) in [6, 6.07) is 15.8. The SMILES string of the molecule is COc1ccc(C(C)c2cc(-c3ncnc4cc(N5CCOCC5)ccc34)c(F)cc2F)cc1. The number of aromatic nitrogens is 2. The minimum absolute atomic E-state index is 0.253. The number of hydrogen-bond acceptors (Lipinski definition) is 5. The van der Waals surface area contributed by atoms with Crippen molar-refractivity contribution in [1.82, 2.24) is 9.97 Å². The number of morpholine rings is 1. The predicted molar refractivity (Wildman–Crippen MR) is 128 cm³/mol. The molecule has 1 aromatic heterocycles. The van der Waals surface area contributed by atoms with Gasteiger partial charge in [0.15, 0.2) is 0 Å². The van der Waals surface area contributed by atoms with E-state index in [1.807, 2.05) is 49.4 Å². The second kappa shape index (κ2) is 9.35. The first kappa shape index (κ1) is 22.2. The molecule has 3 aromatic carbocycles. The number of fused-ring (bicyclic) bond motifs is 1. The Morgan fingerprint density at radius 2 is 1.71 bits per heavy atom. The summed E-state index contributed by atoms with van der Waals surface area (Å²) in [6.07, 6.45) is 1.43. The fraction of sp³-hybridized carbons (Fsp3) is 0.259. The standard InChI is InChI=1S/C27H25F2N3O2/c1-17(18-3-6-20(33-2)7-4-18)22-14-23(25(29)15-24(22)28)27-21-8-5-19(13-26(21)30-16-31-27)32-9-11-34-12-10-32/h3-8,13-17H,9-12H2,1-2H3. The van der Waals surface area contributed by atoms with Crippen molar-refractivity contribution in [3.8, 4) is 17.0 Å². The minimum Gasteiger partial charge on any atom is -0.497 e. The van der Waals surface area contributed by atoms with Gasteiger partial charge >= 0.3 is 0 Å². The van der Waals surface area contributed by atoms with Crippen LogP contribution in [-0.2, 0) is 4.74 Å². The summed E-state index contributed by atoms with van der Waals surface area (Å²) in [5, 5.41) is 0.716. The second-order valence-corrected chi connectivity index (χ2v) is 8.37. The van der Waals surface area contributed by atoms with Crippen molar-refractivity contribution in [1.29, 1.82) is 0 Å². The van der Waals surface area contributed by atoms with Crippen LogP contribution in [0.3, 0.4) is 0 Å². The molecular formula is C27H25F2N3O2. The number of anilines is 1. The molecule has 1 aliphatic heterocycles. The molecule has 0 amide bonds. The zero-order chi connectivity index (χ0) is 23.7. The molecule has 0 aliphatic carbocycles. The van der Waals surface area contributed by atoms with E-state index in [-0.39, 0.29) is 11.5 Å². The maximum atomic E-state index is 15.0. The van der Waals surface area contributed by atoms with Crippen molar-refractivity contribution < 1.29 is 18.3 Å². The normalized spacial score (nSPS) is 14.9. The molecular weight excluding hydrogens is 436 g/mol. The van der Waals surface area contributed by atoms with Gasteiger partial charge in [0.2, 0.25) is 0 Å². The van der Waals surface area contributed by atoms with Gasteiger partial charge in [0.05, 0.1) is 31.5 Å². The predicted octanol–water partition coefficient (Wildman–Crippen LogP) is 5.57. The van der Waals surface area contributed by atoms with Gasteiger partial charge in [-0.1, -0.05) is 19.1 Å². The molecule has 0 bridgehead atoms. The third kappa shape index (κ3) is 4.19. The quantitative estimate of drug-likeness (QED) is 0.389. The van der Waals surface area contributed by atoms with Crippen LogP contribution in [0.4, 0.5) is 14.5 Å². The van der Waals surface area contributed by atoms with Crippen LogP contribution < -0.4 is 9.64 Å². The molecule has 0 saturated carbocycles. The summed E-state index contributed by atoms with van der Waals surface area (Å²) in [5.41, 5.74) is 3.75. The average Bonchev–Trinajstić information content (AvgIpc) is 2.88. The van der Waals surface area contributed by atoms with Gasteiger partial charge in [-0.15, -0.1) is 0 Å². The van der Waals surface area contributed by atoms with E-state index >= 15 is 4.39 Å². The van der Waals surface area contributed by atoms with Gasteiger partial charge in [0.25, 0.3) is 0 Å². The van der Waals surface area contributed by atoms with Crippen molar-refractivity contribution in [3.63, 3.8) is 0 Å². The van der Waals surface area contributed by atoms with E-state index in [1.54, 1.807) is 13.2 Å². The van der Waals surface area contributed by atoms with Crippen molar-refractivity contribution in [2.45, 2.75) is 12.8 Å². The Morgan fingerprint density at radius 3 is 2.44 bits per heavy atom. The van der Waals surface area contributed by atoms with Gasteiger partial charge in [-0.05, 0) is 47.5 Å². The van der Waals surface area contributed by atoms with Crippen LogP contribution in [0.15, 0.2) is 60.9 Å². The largest absolute Gasteiger partial charge is 0.497 e. The first-order valence-corrected chi connectivity index (χ1v) is 11.3. The molecule has 5 rings (SSSR count). The van der Waals surface area contributed by atoms with Crippen LogP contribution in [0, 0.1) is 11.6 Å². The summed E-state index contributed by atoms with van der Waals surface area (Å²) in [7, 11) is 1.60. The van der Waals surface area contributed by atoms with E-state index < -0.39 is 11.6 Å². The lowest BCUT2D eigenvalue weighted by atomic mass is 9.90. The maximum Gasteiger partial charge on any atom is 0.135 e. The minimum atomic E-state index is -0.652. The van der Waals surface area contributed by atoms with Crippen molar-refractivity contribution in [2.75, 3.05) is 38.3 Å². The smallest absolute Gasteiger partial charge is 0.135 e. The first-order chi connectivity index (χ1) is 16.5. The Hall–Kier alpha value is -3.58. The van der Waals surface area contributed by atoms with E-state index in [0.717, 1.165) is 36.2 Å². The highest BCUT2D eigenvalue weighted by atomic mass is 19.1. The highest BCUT2D eigenvalue weighted by Gasteiger charge is 2.20. The average molecular weight is 462 g/mol. The number of halogens is 2. The van der Waals surface area contributed by atoms with Gasteiger partial charge in [-0.2, -0.15) is 0 Å². The molecule has 1 unspecified atom stereocenters. The molecule has 1 aliphatic rings. The van der Waals surface area contributed by atoms with Crippen LogP contribution in [0.25, 0.3) is 22.2 Å². The third-order valence-electron chi connectivity index (χ3n) is 6.42. The summed E-state index contributed by atoms with van der Waals surface area (Å²) in [5.74, 6) is -0.802. The Morgan fingerprint density at radius 1 is 0.941 bits per heavy atom. The molecule has 5 nitrogen and oxygen atoms in total. The summed E-state index contributed by atoms with van der Waals surface area (Å²) in [6.45, 7) is 4.88. The van der Waals surface area contributed by atoms with Gasteiger partial charge in [-0.3, -0.25) is 0 Å². The zero-order valence-corrected chi connectivity index (χ0v) is 19.1. The van der Waals surface area contributed by atoms with Crippen LogP contribution in [-0.4, -0.2) is 43.4 Å². The molecule has 0 N–H and O–H groups in total. The fourth-order valence-corrected chi connectivity index (χ4v) is 4.43. The van der Waals surface area contributed by atoms with Gasteiger partial charge in [0, 0.05) is 41.7 Å². The van der Waals surface area contributed by atoms with Gasteiger partial charge in [0.1, 0.15) is 23.7 Å². The molecule has 7 heteroatoms. The number of ether oxygens (including phenoxy) is 2. The van der Waals surface area contributed by atoms with Crippen molar-refractivity contribution >= 4 is 16.6 Å². The molecule has 2 heterocycles. The van der Waals surface area contributed by atoms with Crippen LogP contribution in [0.5, 0.6) is 5.75 Å². The van der Waals surface area contributed by atoms with Crippen LogP contribution >= 0.6 is 0 Å². The number of hydrogen-bond donors (Lipinski definition) is 0. The zero-order valence-electron chi connectivity index (χ0n) is 19.1. The van der Waals surface area contributed by atoms with Crippen molar-refractivity contribution in [3.05, 3.63) is 83.7 Å². The van der Waals surface area contributed by atoms with E-state index in [0.29, 0.717) is 35.4 Å². The lowest BCUT2D eigenvalue weighted by molar-refractivity contribution is 0.122. The lowest BCUT2D eigenvalue weighted by Crippen LogP contribution is -2.36. The van der Waals surface area contributed by atoms with Gasteiger partial charge in [-0.25, -0.2) is 18.7 Å². The summed E-state index contributed by atoms with van der Waals surface area (Å²) in [4.78, 5) is 11.0. The number of benzene rings is 3. The number of nitrogens with zero attached hydrogens (tertiary/aromatic N) is 3. The molecule has 1 saturated heterocycles. The molecule has 34 heavy (non-hydrogen) atoms. The van der Waals surface area contributed by atoms with Crippen LogP contribution in [0.1, 0.15) is 24.0 Å². The molecule has 1 atom stereocenters. The fourth-order valence-electron chi connectivity index (χ4n) is 4.43. The van der Waals surface area contributed by atoms with E-state index in [2.05, 4.69) is 14.9 Å². The Balaban J connectivity index is 1.55. The molecule has 4 aromatic rings. The van der Waals surface area contributed by atoms with Gasteiger partial charge < -0.3 is 14.4 Å². The third-order valence-corrected chi connectivity index (χ3v) is 6.42. The second-order valence-electron chi connectivity index (χ2n) is 8.37. The molecule has 0 radical (unpaired) electrons. The number of methoxy groups -OCH3 is 1. The maximum absolute atomic E-state index is 15.0. The monoisotopic (exact) mass is 461 g/mol. The molecule has 0 spiro atoms. The topological polar surface area (TPSA) is 47.5 Å². The summed E-state index contributed by atoms with van der Waals surface area (Å²) >= 11 is 0. The van der Waals surface area contributed by atoms with E-state index in [9.17, 15) is 4.39 Å².